The molecule has 1 aliphatic rings. The number of nitrogens with one attached hydrogen (secondary N) is 1. The molecular weight excluding hydrogens is 324 g/mol. The summed E-state index contributed by atoms with van der Waals surface area (Å²) in [4.78, 5) is 21.0. The summed E-state index contributed by atoms with van der Waals surface area (Å²) >= 11 is 0. The van der Waals surface area contributed by atoms with Crippen LogP contribution in [0.4, 0.5) is 0 Å². The Balaban J connectivity index is 1.44. The number of benzene rings is 1. The lowest BCUT2D eigenvalue weighted by Gasteiger charge is -2.24. The van der Waals surface area contributed by atoms with Gasteiger partial charge in [-0.25, -0.2) is 4.98 Å². The van der Waals surface area contributed by atoms with Gasteiger partial charge in [0.2, 0.25) is 0 Å². The number of aryl methyl sites for hydroxylation is 2. The van der Waals surface area contributed by atoms with Crippen LogP contribution in [0.3, 0.4) is 0 Å². The number of carbonyl (C=O) groups is 1. The van der Waals surface area contributed by atoms with Crippen LogP contribution in [-0.4, -0.2) is 20.4 Å². The summed E-state index contributed by atoms with van der Waals surface area (Å²) in [7, 11) is 0. The average molecular weight is 346 g/mol. The Morgan fingerprint density at radius 2 is 2.12 bits per heavy atom. The third-order valence-electron chi connectivity index (χ3n) is 4.94. The highest BCUT2D eigenvalue weighted by molar-refractivity contribution is 5.92. The number of hydrogen-bond donors (Lipinski definition) is 1. The second-order valence-corrected chi connectivity index (χ2v) is 6.88. The second-order valence-electron chi connectivity index (χ2n) is 6.88. The van der Waals surface area contributed by atoms with E-state index in [1.165, 1.54) is 11.1 Å². The van der Waals surface area contributed by atoms with Gasteiger partial charge >= 0.3 is 0 Å². The quantitative estimate of drug-likeness (QED) is 0.789. The molecule has 0 spiro atoms. The molecule has 5 heteroatoms. The topological polar surface area (TPSA) is 59.8 Å². The third kappa shape index (κ3) is 3.52. The molecule has 1 amide bonds. The van der Waals surface area contributed by atoms with Crippen molar-refractivity contribution in [2.45, 2.75) is 38.8 Å². The number of aromatic nitrogens is 3. The molecule has 4 rings (SSSR count). The number of imidazole rings is 1. The van der Waals surface area contributed by atoms with Gasteiger partial charge in [-0.2, -0.15) is 0 Å². The lowest BCUT2D eigenvalue weighted by molar-refractivity contribution is 0.0946. The Morgan fingerprint density at radius 3 is 2.92 bits per heavy atom. The van der Waals surface area contributed by atoms with Gasteiger partial charge < -0.3 is 9.88 Å². The molecule has 1 N–H and O–H groups in total. The van der Waals surface area contributed by atoms with Crippen molar-refractivity contribution in [1.82, 2.24) is 19.9 Å². The molecule has 1 aliphatic heterocycles. The molecule has 26 heavy (non-hydrogen) atoms. The fourth-order valence-corrected chi connectivity index (χ4v) is 3.52. The van der Waals surface area contributed by atoms with Crippen molar-refractivity contribution < 1.29 is 4.79 Å². The lowest BCUT2D eigenvalue weighted by Crippen LogP contribution is -2.23. The molecule has 0 fully saturated rings. The molecule has 132 valence electrons. The number of fused-ring (bicyclic) bond motifs is 1. The highest BCUT2D eigenvalue weighted by Gasteiger charge is 2.23. The number of carbonyl (C=O) groups excluding carboxylic acids is 1. The Kier molecular flexibility index (Phi) is 4.52. The van der Waals surface area contributed by atoms with Gasteiger partial charge in [0.15, 0.2) is 0 Å². The molecular formula is C21H22N4O. The Hall–Kier alpha value is -2.95. The summed E-state index contributed by atoms with van der Waals surface area (Å²) in [6.07, 6.45) is 7.30. The van der Waals surface area contributed by atoms with Gasteiger partial charge in [0.1, 0.15) is 11.5 Å². The maximum absolute atomic E-state index is 12.4. The second kappa shape index (κ2) is 7.12. The number of nitrogens with zero attached hydrogens (tertiary/aromatic N) is 3. The number of pyridine rings is 1. The molecule has 0 bridgehead atoms. The first-order chi connectivity index (χ1) is 12.7. The third-order valence-corrected chi connectivity index (χ3v) is 4.94. The van der Waals surface area contributed by atoms with E-state index >= 15 is 0 Å². The number of amides is 1. The Labute approximate surface area is 153 Å². The van der Waals surface area contributed by atoms with Crippen LogP contribution in [0.25, 0.3) is 0 Å². The SMILES string of the molecule is Cc1cccc(C2CCc3nc(C(=O)NCc4ccncc4)cn3C2)c1. The summed E-state index contributed by atoms with van der Waals surface area (Å²) < 4.78 is 2.14. The number of hydrogen-bond acceptors (Lipinski definition) is 3. The predicted octanol–water partition coefficient (Wildman–Crippen LogP) is 3.25. The van der Waals surface area contributed by atoms with E-state index in [0.29, 0.717) is 18.2 Å². The van der Waals surface area contributed by atoms with E-state index in [0.717, 1.165) is 30.8 Å². The smallest absolute Gasteiger partial charge is 0.271 e. The van der Waals surface area contributed by atoms with E-state index in [4.69, 9.17) is 0 Å². The zero-order chi connectivity index (χ0) is 17.9. The summed E-state index contributed by atoms with van der Waals surface area (Å²) in [6, 6.07) is 12.5. The molecule has 2 aromatic heterocycles. The largest absolute Gasteiger partial charge is 0.347 e. The lowest BCUT2D eigenvalue weighted by atomic mass is 9.91. The van der Waals surface area contributed by atoms with E-state index < -0.39 is 0 Å². The Morgan fingerprint density at radius 1 is 1.27 bits per heavy atom. The maximum Gasteiger partial charge on any atom is 0.271 e. The van der Waals surface area contributed by atoms with E-state index in [1.807, 2.05) is 18.3 Å². The van der Waals surface area contributed by atoms with Gasteiger partial charge in [-0.15, -0.1) is 0 Å². The molecule has 0 saturated carbocycles. The van der Waals surface area contributed by atoms with Crippen molar-refractivity contribution in [3.63, 3.8) is 0 Å². The molecule has 1 unspecified atom stereocenters. The molecule has 5 nitrogen and oxygen atoms in total. The molecule has 3 aromatic rings. The molecule has 0 saturated heterocycles. The first kappa shape index (κ1) is 16.5. The van der Waals surface area contributed by atoms with E-state index in [2.05, 4.69) is 51.0 Å². The summed E-state index contributed by atoms with van der Waals surface area (Å²) in [5.41, 5.74) is 4.18. The van der Waals surface area contributed by atoms with Crippen LogP contribution in [0.1, 0.15) is 45.3 Å². The monoisotopic (exact) mass is 346 g/mol. The highest BCUT2D eigenvalue weighted by Crippen LogP contribution is 2.29. The first-order valence-electron chi connectivity index (χ1n) is 8.99. The van der Waals surface area contributed by atoms with Crippen molar-refractivity contribution >= 4 is 5.91 Å². The summed E-state index contributed by atoms with van der Waals surface area (Å²) in [5, 5.41) is 2.93. The van der Waals surface area contributed by atoms with Crippen molar-refractivity contribution in [3.8, 4) is 0 Å². The van der Waals surface area contributed by atoms with Crippen molar-refractivity contribution in [2.24, 2.45) is 0 Å². The fourth-order valence-electron chi connectivity index (χ4n) is 3.52. The van der Waals surface area contributed by atoms with Crippen LogP contribution >= 0.6 is 0 Å². The minimum absolute atomic E-state index is 0.129. The standard InChI is InChI=1S/C21H22N4O/c1-15-3-2-4-17(11-15)18-5-6-20-24-19(14-25(20)13-18)21(26)23-12-16-7-9-22-10-8-16/h2-4,7-11,14,18H,5-6,12-13H2,1H3,(H,23,26). The minimum atomic E-state index is -0.129. The predicted molar refractivity (Wildman–Crippen MR) is 99.9 cm³/mol. The van der Waals surface area contributed by atoms with Crippen LogP contribution in [0.5, 0.6) is 0 Å². The Bertz CT molecular complexity index is 917. The highest BCUT2D eigenvalue weighted by atomic mass is 16.1. The summed E-state index contributed by atoms with van der Waals surface area (Å²) in [5.74, 6) is 1.35. The molecule has 1 aromatic carbocycles. The van der Waals surface area contributed by atoms with Crippen LogP contribution in [0.15, 0.2) is 55.0 Å². The average Bonchev–Trinajstić information content (AvgIpc) is 3.10. The summed E-state index contributed by atoms with van der Waals surface area (Å²) in [6.45, 7) is 3.49. The van der Waals surface area contributed by atoms with Gasteiger partial charge in [0, 0.05) is 44.0 Å². The van der Waals surface area contributed by atoms with Crippen LogP contribution < -0.4 is 5.32 Å². The van der Waals surface area contributed by atoms with Gasteiger partial charge in [-0.05, 0) is 36.6 Å². The van der Waals surface area contributed by atoms with Crippen LogP contribution in [-0.2, 0) is 19.5 Å². The zero-order valence-electron chi connectivity index (χ0n) is 14.9. The normalized spacial score (nSPS) is 16.1. The fraction of sp³-hybridized carbons (Fsp3) is 0.286. The molecule has 0 aliphatic carbocycles. The van der Waals surface area contributed by atoms with E-state index in [1.54, 1.807) is 12.4 Å². The molecule has 1 atom stereocenters. The zero-order valence-corrected chi connectivity index (χ0v) is 14.9. The van der Waals surface area contributed by atoms with Gasteiger partial charge in [0.05, 0.1) is 0 Å². The van der Waals surface area contributed by atoms with E-state index in [9.17, 15) is 4.79 Å². The molecule has 3 heterocycles. The van der Waals surface area contributed by atoms with Crippen molar-refractivity contribution in [2.75, 3.05) is 0 Å². The molecule has 0 radical (unpaired) electrons. The first-order valence-corrected chi connectivity index (χ1v) is 8.99. The van der Waals surface area contributed by atoms with Gasteiger partial charge in [-0.3, -0.25) is 9.78 Å². The number of rotatable bonds is 4. The van der Waals surface area contributed by atoms with Gasteiger partial charge in [0.25, 0.3) is 5.91 Å². The minimum Gasteiger partial charge on any atom is -0.347 e. The van der Waals surface area contributed by atoms with Crippen molar-refractivity contribution in [1.29, 1.82) is 0 Å². The van der Waals surface area contributed by atoms with E-state index in [-0.39, 0.29) is 5.91 Å². The van der Waals surface area contributed by atoms with Gasteiger partial charge in [-0.1, -0.05) is 29.8 Å². The van der Waals surface area contributed by atoms with Crippen LogP contribution in [0, 0.1) is 6.92 Å². The maximum atomic E-state index is 12.4. The van der Waals surface area contributed by atoms with Crippen molar-refractivity contribution in [3.05, 3.63) is 83.2 Å². The van der Waals surface area contributed by atoms with Crippen LogP contribution in [0.2, 0.25) is 0 Å².